The van der Waals surface area contributed by atoms with Crippen LogP contribution in [-0.2, 0) is 6.42 Å². The minimum absolute atomic E-state index is 0.142. The summed E-state index contributed by atoms with van der Waals surface area (Å²) in [5, 5.41) is 2.56. The van der Waals surface area contributed by atoms with Gasteiger partial charge in [0, 0.05) is 18.2 Å². The van der Waals surface area contributed by atoms with Gasteiger partial charge in [-0.3, -0.25) is 9.78 Å². The summed E-state index contributed by atoms with van der Waals surface area (Å²) in [6, 6.07) is 14.8. The molecule has 1 amide bonds. The molecule has 0 bridgehead atoms. The van der Waals surface area contributed by atoms with E-state index in [1.165, 1.54) is 6.07 Å². The van der Waals surface area contributed by atoms with Crippen molar-refractivity contribution in [3.05, 3.63) is 83.6 Å². The molecule has 1 aromatic heterocycles. The first-order chi connectivity index (χ1) is 13.1. The van der Waals surface area contributed by atoms with E-state index in [2.05, 4.69) is 10.3 Å². The smallest absolute Gasteiger partial charge is 0.257 e. The summed E-state index contributed by atoms with van der Waals surface area (Å²) in [5.74, 6) is -1.84. The molecule has 136 valence electrons. The van der Waals surface area contributed by atoms with Gasteiger partial charge in [-0.05, 0) is 35.9 Å². The minimum Gasteiger partial charge on any atom is -0.487 e. The molecule has 1 atom stereocenters. The second-order valence-corrected chi connectivity index (χ2v) is 6.26. The minimum atomic E-state index is -0.888. The number of carbonyl (C=O) groups is 1. The molecule has 1 aliphatic rings. The van der Waals surface area contributed by atoms with Crippen LogP contribution in [0.4, 0.5) is 8.78 Å². The van der Waals surface area contributed by atoms with Crippen LogP contribution < -0.4 is 10.1 Å². The number of carbonyl (C=O) groups excluding carboxylic acids is 1. The zero-order chi connectivity index (χ0) is 18.8. The van der Waals surface area contributed by atoms with E-state index in [9.17, 15) is 13.6 Å². The number of amides is 1. The summed E-state index contributed by atoms with van der Waals surface area (Å²) in [6.45, 7) is 0.142. The van der Waals surface area contributed by atoms with Crippen molar-refractivity contribution in [2.24, 2.45) is 0 Å². The van der Waals surface area contributed by atoms with E-state index >= 15 is 0 Å². The van der Waals surface area contributed by atoms with Crippen molar-refractivity contribution in [2.75, 3.05) is 6.54 Å². The molecule has 0 saturated carbocycles. The maximum atomic E-state index is 13.7. The maximum Gasteiger partial charge on any atom is 0.257 e. The van der Waals surface area contributed by atoms with Crippen LogP contribution in [0.15, 0.2) is 60.8 Å². The summed E-state index contributed by atoms with van der Waals surface area (Å²) < 4.78 is 33.4. The lowest BCUT2D eigenvalue weighted by atomic mass is 10.0. The molecule has 2 aromatic carbocycles. The van der Waals surface area contributed by atoms with Crippen molar-refractivity contribution in [3.63, 3.8) is 0 Å². The van der Waals surface area contributed by atoms with E-state index in [0.29, 0.717) is 6.42 Å². The van der Waals surface area contributed by atoms with Gasteiger partial charge in [0.05, 0.1) is 12.2 Å². The number of ether oxygens (including phenoxy) is 1. The van der Waals surface area contributed by atoms with Crippen molar-refractivity contribution in [1.82, 2.24) is 10.3 Å². The number of aromatic nitrogens is 1. The predicted molar refractivity (Wildman–Crippen MR) is 96.5 cm³/mol. The van der Waals surface area contributed by atoms with E-state index in [0.717, 1.165) is 34.7 Å². The molecule has 4 nitrogen and oxygen atoms in total. The molecule has 3 aromatic rings. The largest absolute Gasteiger partial charge is 0.487 e. The third kappa shape index (κ3) is 3.38. The number of benzene rings is 2. The SMILES string of the molecule is O=C(NC[C@H]1Cc2cccc(-c3ccccn3)c2O1)c1c(F)cccc1F. The highest BCUT2D eigenvalue weighted by molar-refractivity contribution is 5.94. The van der Waals surface area contributed by atoms with E-state index in [4.69, 9.17) is 4.74 Å². The summed E-state index contributed by atoms with van der Waals surface area (Å²) in [6.07, 6.45) is 1.99. The Morgan fingerprint density at radius 2 is 1.85 bits per heavy atom. The molecule has 0 fully saturated rings. The molecule has 0 saturated heterocycles. The molecular weight excluding hydrogens is 350 g/mol. The Morgan fingerprint density at radius 3 is 2.59 bits per heavy atom. The Bertz CT molecular complexity index is 972. The second-order valence-electron chi connectivity index (χ2n) is 6.26. The number of rotatable bonds is 4. The van der Waals surface area contributed by atoms with Crippen LogP contribution in [0.25, 0.3) is 11.3 Å². The third-order valence-electron chi connectivity index (χ3n) is 4.45. The average Bonchev–Trinajstić information content (AvgIpc) is 3.10. The number of nitrogens with zero attached hydrogens (tertiary/aromatic N) is 1. The van der Waals surface area contributed by atoms with E-state index in [-0.39, 0.29) is 12.6 Å². The Labute approximate surface area is 154 Å². The zero-order valence-corrected chi connectivity index (χ0v) is 14.3. The van der Waals surface area contributed by atoms with Crippen LogP contribution in [-0.4, -0.2) is 23.5 Å². The van der Waals surface area contributed by atoms with Crippen molar-refractivity contribution >= 4 is 5.91 Å². The van der Waals surface area contributed by atoms with Gasteiger partial charge in [0.25, 0.3) is 5.91 Å². The van der Waals surface area contributed by atoms with Gasteiger partial charge in [0.15, 0.2) is 0 Å². The zero-order valence-electron chi connectivity index (χ0n) is 14.3. The average molecular weight is 366 g/mol. The van der Waals surface area contributed by atoms with Crippen LogP contribution in [0.2, 0.25) is 0 Å². The van der Waals surface area contributed by atoms with Gasteiger partial charge in [-0.25, -0.2) is 8.78 Å². The van der Waals surface area contributed by atoms with E-state index < -0.39 is 23.1 Å². The summed E-state index contributed by atoms with van der Waals surface area (Å²) in [4.78, 5) is 16.5. The van der Waals surface area contributed by atoms with Crippen molar-refractivity contribution in [2.45, 2.75) is 12.5 Å². The summed E-state index contributed by atoms with van der Waals surface area (Å²) in [5.41, 5.74) is 2.10. The number of nitrogens with one attached hydrogen (secondary N) is 1. The number of hydrogen-bond acceptors (Lipinski definition) is 3. The quantitative estimate of drug-likeness (QED) is 0.765. The van der Waals surface area contributed by atoms with Crippen molar-refractivity contribution < 1.29 is 18.3 Å². The molecular formula is C21H16F2N2O2. The van der Waals surface area contributed by atoms with Gasteiger partial charge < -0.3 is 10.1 Å². The standard InChI is InChI=1S/C21H16F2N2O2/c22-16-7-4-8-17(23)19(16)21(26)25-12-14-11-13-5-3-6-15(20(13)27-14)18-9-1-2-10-24-18/h1-10,14H,11-12H2,(H,25,26)/t14-/m1/s1. The molecule has 2 heterocycles. The second kappa shape index (κ2) is 7.15. The van der Waals surface area contributed by atoms with E-state index in [1.54, 1.807) is 6.20 Å². The fraction of sp³-hybridized carbons (Fsp3) is 0.143. The first kappa shape index (κ1) is 17.1. The monoisotopic (exact) mass is 366 g/mol. The first-order valence-electron chi connectivity index (χ1n) is 8.55. The first-order valence-corrected chi connectivity index (χ1v) is 8.55. The van der Waals surface area contributed by atoms with Crippen LogP contribution in [0.3, 0.4) is 0 Å². The molecule has 1 aliphatic heterocycles. The van der Waals surface area contributed by atoms with Gasteiger partial charge in [0.1, 0.15) is 29.1 Å². The Morgan fingerprint density at radius 1 is 1.07 bits per heavy atom. The number of hydrogen-bond donors (Lipinski definition) is 1. The normalized spacial score (nSPS) is 15.1. The van der Waals surface area contributed by atoms with Crippen LogP contribution in [0, 0.1) is 11.6 Å². The fourth-order valence-electron chi connectivity index (χ4n) is 3.19. The van der Waals surface area contributed by atoms with Gasteiger partial charge in [-0.1, -0.05) is 24.3 Å². The molecule has 27 heavy (non-hydrogen) atoms. The van der Waals surface area contributed by atoms with Gasteiger partial charge in [-0.2, -0.15) is 0 Å². The predicted octanol–water partition coefficient (Wildman–Crippen LogP) is 3.76. The van der Waals surface area contributed by atoms with E-state index in [1.807, 2.05) is 36.4 Å². The Balaban J connectivity index is 1.47. The number of halogens is 2. The molecule has 0 unspecified atom stereocenters. The lowest BCUT2D eigenvalue weighted by Crippen LogP contribution is -2.35. The van der Waals surface area contributed by atoms with Gasteiger partial charge >= 0.3 is 0 Å². The lowest BCUT2D eigenvalue weighted by molar-refractivity contribution is 0.0925. The van der Waals surface area contributed by atoms with Crippen LogP contribution >= 0.6 is 0 Å². The molecule has 1 N–H and O–H groups in total. The summed E-state index contributed by atoms with van der Waals surface area (Å²) in [7, 11) is 0. The molecule has 6 heteroatoms. The molecule has 0 aliphatic carbocycles. The van der Waals surface area contributed by atoms with Gasteiger partial charge in [0.2, 0.25) is 0 Å². The van der Waals surface area contributed by atoms with Crippen LogP contribution in [0.1, 0.15) is 15.9 Å². The van der Waals surface area contributed by atoms with Crippen molar-refractivity contribution in [1.29, 1.82) is 0 Å². The topological polar surface area (TPSA) is 51.2 Å². The van der Waals surface area contributed by atoms with Crippen molar-refractivity contribution in [3.8, 4) is 17.0 Å². The number of fused-ring (bicyclic) bond motifs is 1. The lowest BCUT2D eigenvalue weighted by Gasteiger charge is -2.14. The number of para-hydroxylation sites is 1. The third-order valence-corrected chi connectivity index (χ3v) is 4.45. The van der Waals surface area contributed by atoms with Gasteiger partial charge in [-0.15, -0.1) is 0 Å². The molecule has 4 rings (SSSR count). The molecule has 0 spiro atoms. The Kier molecular flexibility index (Phi) is 4.54. The highest BCUT2D eigenvalue weighted by Gasteiger charge is 2.27. The maximum absolute atomic E-state index is 13.7. The highest BCUT2D eigenvalue weighted by atomic mass is 19.1. The highest BCUT2D eigenvalue weighted by Crippen LogP contribution is 2.37. The molecule has 0 radical (unpaired) electrons. The number of pyridine rings is 1. The Hall–Kier alpha value is -3.28. The summed E-state index contributed by atoms with van der Waals surface area (Å²) >= 11 is 0. The fourth-order valence-corrected chi connectivity index (χ4v) is 3.19. The van der Waals surface area contributed by atoms with Crippen LogP contribution in [0.5, 0.6) is 5.75 Å².